The summed E-state index contributed by atoms with van der Waals surface area (Å²) in [6.07, 6.45) is 5.57. The molecule has 11 heteroatoms. The molecule has 0 saturated heterocycles. The molecule has 0 aliphatic rings. The number of carboxylic acids is 2. The van der Waals surface area contributed by atoms with Crippen molar-refractivity contribution in [3.63, 3.8) is 0 Å². The minimum atomic E-state index is -5.48. The van der Waals surface area contributed by atoms with Gasteiger partial charge in [-0.3, -0.25) is 4.55 Å². The van der Waals surface area contributed by atoms with Crippen molar-refractivity contribution < 1.29 is 96.6 Å². The van der Waals surface area contributed by atoms with Gasteiger partial charge in [0.1, 0.15) is 0 Å². The van der Waals surface area contributed by atoms with E-state index in [9.17, 15) is 32.8 Å². The fourth-order valence-corrected chi connectivity index (χ4v) is 4.41. The Balaban J connectivity index is 0. The van der Waals surface area contributed by atoms with E-state index in [-0.39, 0.29) is 78.4 Å². The summed E-state index contributed by atoms with van der Waals surface area (Å²) < 4.78 is 38.7. The van der Waals surface area contributed by atoms with Crippen LogP contribution in [-0.2, 0) is 30.9 Å². The van der Waals surface area contributed by atoms with E-state index in [0.717, 1.165) is 37.7 Å². The number of hydrogen-bond donors (Lipinski definition) is 1. The topological polar surface area (TPSA) is 144 Å². The molecule has 1 N–H and O–H groups in total. The van der Waals surface area contributed by atoms with Crippen molar-refractivity contribution in [3.05, 3.63) is 35.9 Å². The Morgan fingerprint density at radius 3 is 2.00 bits per heavy atom. The normalized spacial score (nSPS) is 13.8. The van der Waals surface area contributed by atoms with E-state index in [1.165, 1.54) is 0 Å². The Hall–Kier alpha value is 0.0300. The first-order valence-corrected chi connectivity index (χ1v) is 11.7. The fourth-order valence-electron chi connectivity index (χ4n) is 3.40. The fraction of sp³-hybridized carbons (Fsp3) is 0.619. The first-order valence-electron chi connectivity index (χ1n) is 10.2. The SMILES string of the molecule is CCCCCCCCCC(C(=O)[O-])C(OCCc1ccccc1)(C(=O)[O-])S(=O)(=O)O.[Na+].[Na+]. The van der Waals surface area contributed by atoms with Gasteiger partial charge in [0.15, 0.2) is 0 Å². The third-order valence-electron chi connectivity index (χ3n) is 5.06. The van der Waals surface area contributed by atoms with Gasteiger partial charge in [-0.25, -0.2) is 0 Å². The van der Waals surface area contributed by atoms with Crippen LogP contribution >= 0.6 is 0 Å². The maximum absolute atomic E-state index is 12.0. The van der Waals surface area contributed by atoms with Crippen molar-refractivity contribution in [2.75, 3.05) is 6.61 Å². The van der Waals surface area contributed by atoms with Crippen LogP contribution in [0.15, 0.2) is 30.3 Å². The van der Waals surface area contributed by atoms with Gasteiger partial charge in [-0.1, -0.05) is 82.2 Å². The second-order valence-electron chi connectivity index (χ2n) is 7.30. The van der Waals surface area contributed by atoms with Gasteiger partial charge < -0.3 is 24.5 Å². The predicted molar refractivity (Wildman–Crippen MR) is 106 cm³/mol. The average Bonchev–Trinajstić information content (AvgIpc) is 2.67. The number of carbonyl (C=O) groups is 2. The molecule has 170 valence electrons. The third-order valence-corrected chi connectivity index (χ3v) is 6.39. The summed E-state index contributed by atoms with van der Waals surface area (Å²) >= 11 is 0. The van der Waals surface area contributed by atoms with Gasteiger partial charge in [0.2, 0.25) is 4.93 Å². The van der Waals surface area contributed by atoms with Gasteiger partial charge in [0, 0.05) is 5.97 Å². The summed E-state index contributed by atoms with van der Waals surface area (Å²) in [5.41, 5.74) is 0.720. The van der Waals surface area contributed by atoms with Gasteiger partial charge in [0.25, 0.3) is 0 Å². The second-order valence-corrected chi connectivity index (χ2v) is 8.85. The number of rotatable bonds is 16. The van der Waals surface area contributed by atoms with Crippen LogP contribution in [0, 0.1) is 5.92 Å². The van der Waals surface area contributed by atoms with Crippen molar-refractivity contribution >= 4 is 22.1 Å². The Kier molecular flexibility index (Phi) is 18.7. The van der Waals surface area contributed by atoms with Crippen LogP contribution < -0.4 is 69.3 Å². The van der Waals surface area contributed by atoms with Crippen LogP contribution in [-0.4, -0.2) is 36.4 Å². The molecule has 1 aromatic rings. The van der Waals surface area contributed by atoms with Crippen molar-refractivity contribution in [1.29, 1.82) is 0 Å². The van der Waals surface area contributed by atoms with Gasteiger partial charge in [-0.15, -0.1) is 0 Å². The molecule has 0 radical (unpaired) electrons. The smallest absolute Gasteiger partial charge is 0.550 e. The summed E-state index contributed by atoms with van der Waals surface area (Å²) in [4.78, 5) is 20.0. The van der Waals surface area contributed by atoms with Crippen LogP contribution in [0.3, 0.4) is 0 Å². The molecule has 0 aromatic heterocycles. The minimum absolute atomic E-state index is 0. The van der Waals surface area contributed by atoms with Crippen molar-refractivity contribution in [2.45, 2.75) is 69.6 Å². The molecule has 1 rings (SSSR count). The van der Waals surface area contributed by atoms with Crippen LogP contribution in [0.4, 0.5) is 0 Å². The van der Waals surface area contributed by atoms with Gasteiger partial charge in [-0.05, 0) is 18.4 Å². The van der Waals surface area contributed by atoms with E-state index in [0.29, 0.717) is 6.42 Å². The maximum atomic E-state index is 12.0. The number of aliphatic carboxylic acids is 2. The molecule has 0 bridgehead atoms. The molecule has 0 aliphatic carbocycles. The van der Waals surface area contributed by atoms with Gasteiger partial charge in [-0.2, -0.15) is 8.42 Å². The van der Waals surface area contributed by atoms with E-state index in [1.54, 1.807) is 30.3 Å². The van der Waals surface area contributed by atoms with Crippen LogP contribution in [0.25, 0.3) is 0 Å². The molecule has 0 aliphatic heterocycles. The molecule has 0 spiro atoms. The Morgan fingerprint density at radius 1 is 1.00 bits per heavy atom. The zero-order chi connectivity index (χ0) is 22.6. The predicted octanol–water partition coefficient (Wildman–Crippen LogP) is -4.91. The molecule has 0 fully saturated rings. The number of hydrogen-bond acceptors (Lipinski definition) is 7. The second kappa shape index (κ2) is 17.5. The van der Waals surface area contributed by atoms with E-state index in [2.05, 4.69) is 6.92 Å². The molecule has 0 saturated carbocycles. The molecule has 2 unspecified atom stereocenters. The third kappa shape index (κ3) is 10.5. The number of benzene rings is 1. The van der Waals surface area contributed by atoms with E-state index < -0.39 is 39.5 Å². The number of unbranched alkanes of at least 4 members (excludes halogenated alkanes) is 6. The summed E-state index contributed by atoms with van der Waals surface area (Å²) in [5, 5.41) is 23.5. The molecule has 1 aromatic carbocycles. The summed E-state index contributed by atoms with van der Waals surface area (Å²) in [5.74, 6) is -6.36. The molecule has 0 heterocycles. The van der Waals surface area contributed by atoms with Crippen molar-refractivity contribution in [1.82, 2.24) is 0 Å². The Bertz CT molecular complexity index is 773. The van der Waals surface area contributed by atoms with Crippen LogP contribution in [0.2, 0.25) is 0 Å². The van der Waals surface area contributed by atoms with Crippen LogP contribution in [0.5, 0.6) is 0 Å². The van der Waals surface area contributed by atoms with Crippen molar-refractivity contribution in [2.24, 2.45) is 5.92 Å². The van der Waals surface area contributed by atoms with Crippen molar-refractivity contribution in [3.8, 4) is 0 Å². The number of carbonyl (C=O) groups excluding carboxylic acids is 2. The first-order chi connectivity index (χ1) is 14.2. The quantitative estimate of drug-likeness (QED) is 0.139. The van der Waals surface area contributed by atoms with E-state index in [1.807, 2.05) is 0 Å². The first kappa shape index (κ1) is 34.2. The van der Waals surface area contributed by atoms with Gasteiger partial charge in [0.05, 0.1) is 18.5 Å². The molecule has 0 amide bonds. The summed E-state index contributed by atoms with van der Waals surface area (Å²) in [7, 11) is -5.48. The molecule has 8 nitrogen and oxygen atoms in total. The largest absolute Gasteiger partial charge is 1.00 e. The summed E-state index contributed by atoms with van der Waals surface area (Å²) in [6, 6.07) is 8.66. The molecule has 32 heavy (non-hydrogen) atoms. The van der Waals surface area contributed by atoms with E-state index in [4.69, 9.17) is 4.74 Å². The Labute approximate surface area is 234 Å². The zero-order valence-electron chi connectivity index (χ0n) is 19.2. The molecular weight excluding hydrogens is 458 g/mol. The Morgan fingerprint density at radius 2 is 1.53 bits per heavy atom. The molecular formula is C21H30Na2O8S. The summed E-state index contributed by atoms with van der Waals surface area (Å²) in [6.45, 7) is 1.63. The number of carboxylic acid groups (broad SMARTS) is 2. The standard InChI is InChI=1S/C21H32O8S.2Na/c1-2-3-4-5-6-7-11-14-18(19(22)23)21(20(24)25,30(26,27)28)29-16-15-17-12-9-8-10-13-17;;/h8-10,12-13,18H,2-7,11,14-16H2,1H3,(H,22,23)(H,24,25)(H,26,27,28);;/q;2*+1/p-2. The zero-order valence-corrected chi connectivity index (χ0v) is 24.1. The average molecular weight is 489 g/mol. The van der Waals surface area contributed by atoms with Crippen LogP contribution in [0.1, 0.15) is 63.9 Å². The maximum Gasteiger partial charge on any atom is 1.00 e. The monoisotopic (exact) mass is 488 g/mol. The van der Waals surface area contributed by atoms with Gasteiger partial charge >= 0.3 is 69.2 Å². The number of ether oxygens (including phenoxy) is 1. The molecule has 2 atom stereocenters. The minimum Gasteiger partial charge on any atom is -0.550 e. The van der Waals surface area contributed by atoms with E-state index >= 15 is 0 Å².